The molecule has 24 heavy (non-hydrogen) atoms. The first-order valence-electron chi connectivity index (χ1n) is 7.69. The maximum absolute atomic E-state index is 12.2. The van der Waals surface area contributed by atoms with E-state index < -0.39 is 0 Å². The van der Waals surface area contributed by atoms with Gasteiger partial charge < -0.3 is 15.1 Å². The number of benzene rings is 1. The molecule has 7 nitrogen and oxygen atoms in total. The van der Waals surface area contributed by atoms with E-state index in [4.69, 9.17) is 11.6 Å². The Kier molecular flexibility index (Phi) is 5.00. The van der Waals surface area contributed by atoms with Crippen molar-refractivity contribution in [2.75, 3.05) is 37.6 Å². The zero-order valence-corrected chi connectivity index (χ0v) is 13.8. The van der Waals surface area contributed by atoms with Gasteiger partial charge in [-0.3, -0.25) is 14.7 Å². The van der Waals surface area contributed by atoms with Crippen molar-refractivity contribution in [3.8, 4) is 0 Å². The van der Waals surface area contributed by atoms with Gasteiger partial charge in [-0.2, -0.15) is 5.10 Å². The topological polar surface area (TPSA) is 81.3 Å². The molecule has 0 bridgehead atoms. The monoisotopic (exact) mass is 347 g/mol. The van der Waals surface area contributed by atoms with Gasteiger partial charge in [-0.1, -0.05) is 11.6 Å². The zero-order chi connectivity index (χ0) is 16.9. The molecule has 8 heteroatoms. The van der Waals surface area contributed by atoms with Crippen molar-refractivity contribution < 1.29 is 9.59 Å². The van der Waals surface area contributed by atoms with E-state index in [1.54, 1.807) is 4.90 Å². The van der Waals surface area contributed by atoms with Crippen LogP contribution in [0, 0.1) is 0 Å². The maximum Gasteiger partial charge on any atom is 0.254 e. The number of aromatic amines is 1. The van der Waals surface area contributed by atoms with Crippen LogP contribution in [-0.2, 0) is 4.79 Å². The second-order valence-electron chi connectivity index (χ2n) is 5.51. The van der Waals surface area contributed by atoms with Gasteiger partial charge in [0, 0.05) is 43.1 Å². The van der Waals surface area contributed by atoms with Gasteiger partial charge in [0.05, 0.1) is 18.3 Å². The molecule has 0 saturated carbocycles. The molecule has 126 valence electrons. The number of amides is 2. The molecular formula is C16H18ClN5O2. The van der Waals surface area contributed by atoms with E-state index in [0.717, 1.165) is 18.8 Å². The van der Waals surface area contributed by atoms with Crippen LogP contribution >= 0.6 is 11.6 Å². The van der Waals surface area contributed by atoms with Gasteiger partial charge in [-0.05, 0) is 24.3 Å². The molecule has 0 atom stereocenters. The first-order valence-corrected chi connectivity index (χ1v) is 8.06. The van der Waals surface area contributed by atoms with Crippen molar-refractivity contribution in [3.63, 3.8) is 0 Å². The first-order chi connectivity index (χ1) is 11.6. The number of halogens is 1. The highest BCUT2D eigenvalue weighted by Crippen LogP contribution is 2.19. The fraction of sp³-hybridized carbons (Fsp3) is 0.312. The Morgan fingerprint density at radius 1 is 1.17 bits per heavy atom. The summed E-state index contributed by atoms with van der Waals surface area (Å²) in [5.74, 6) is -0.389. The number of anilines is 1. The fourth-order valence-corrected chi connectivity index (χ4v) is 2.74. The minimum Gasteiger partial charge on any atom is -0.368 e. The first kappa shape index (κ1) is 16.3. The zero-order valence-electron chi connectivity index (χ0n) is 13.0. The summed E-state index contributed by atoms with van der Waals surface area (Å²) in [6.07, 6.45) is 2.91. The Morgan fingerprint density at radius 3 is 2.50 bits per heavy atom. The number of nitrogens with one attached hydrogen (secondary N) is 2. The third-order valence-electron chi connectivity index (χ3n) is 3.98. The summed E-state index contributed by atoms with van der Waals surface area (Å²) in [7, 11) is 0. The van der Waals surface area contributed by atoms with Crippen molar-refractivity contribution in [1.29, 1.82) is 0 Å². The Labute approximate surface area is 144 Å². The number of carbonyl (C=O) groups is 2. The van der Waals surface area contributed by atoms with Crippen LogP contribution in [0.15, 0.2) is 36.7 Å². The van der Waals surface area contributed by atoms with Crippen molar-refractivity contribution in [2.24, 2.45) is 0 Å². The predicted octanol–water partition coefficient (Wildman–Crippen LogP) is 1.14. The molecule has 2 amide bonds. The van der Waals surface area contributed by atoms with E-state index in [9.17, 15) is 9.59 Å². The quantitative estimate of drug-likeness (QED) is 0.869. The largest absolute Gasteiger partial charge is 0.368 e. The normalized spacial score (nSPS) is 14.5. The van der Waals surface area contributed by atoms with Crippen molar-refractivity contribution in [2.45, 2.75) is 0 Å². The minimum atomic E-state index is -0.308. The predicted molar refractivity (Wildman–Crippen MR) is 91.2 cm³/mol. The molecule has 0 aliphatic carbocycles. The van der Waals surface area contributed by atoms with Crippen LogP contribution in [0.1, 0.15) is 10.4 Å². The van der Waals surface area contributed by atoms with Crippen LogP contribution in [0.25, 0.3) is 0 Å². The number of hydrogen-bond acceptors (Lipinski definition) is 4. The molecule has 0 spiro atoms. The van der Waals surface area contributed by atoms with E-state index in [1.807, 2.05) is 24.3 Å². The summed E-state index contributed by atoms with van der Waals surface area (Å²) in [6, 6.07) is 7.68. The van der Waals surface area contributed by atoms with Crippen LogP contribution in [0.4, 0.5) is 5.69 Å². The van der Waals surface area contributed by atoms with Crippen LogP contribution in [-0.4, -0.2) is 59.6 Å². The molecule has 1 aromatic carbocycles. The molecule has 2 heterocycles. The van der Waals surface area contributed by atoms with Crippen LogP contribution in [0.3, 0.4) is 0 Å². The lowest BCUT2D eigenvalue weighted by atomic mass is 10.2. The summed E-state index contributed by atoms with van der Waals surface area (Å²) < 4.78 is 0. The summed E-state index contributed by atoms with van der Waals surface area (Å²) >= 11 is 5.90. The van der Waals surface area contributed by atoms with Crippen LogP contribution in [0.5, 0.6) is 0 Å². The summed E-state index contributed by atoms with van der Waals surface area (Å²) in [5.41, 5.74) is 1.51. The number of nitrogens with zero attached hydrogens (tertiary/aromatic N) is 3. The van der Waals surface area contributed by atoms with E-state index in [-0.39, 0.29) is 18.4 Å². The van der Waals surface area contributed by atoms with Gasteiger partial charge in [-0.15, -0.1) is 0 Å². The minimum absolute atomic E-state index is 0.00897. The second kappa shape index (κ2) is 7.35. The van der Waals surface area contributed by atoms with Gasteiger partial charge in [0.15, 0.2) is 0 Å². The van der Waals surface area contributed by atoms with E-state index >= 15 is 0 Å². The highest BCUT2D eigenvalue weighted by atomic mass is 35.5. The maximum atomic E-state index is 12.2. The number of piperazine rings is 1. The Hall–Kier alpha value is -2.54. The lowest BCUT2D eigenvalue weighted by Gasteiger charge is -2.36. The van der Waals surface area contributed by atoms with Crippen LogP contribution < -0.4 is 10.2 Å². The summed E-state index contributed by atoms with van der Waals surface area (Å²) in [6.45, 7) is 2.75. The molecule has 1 fully saturated rings. The van der Waals surface area contributed by atoms with E-state index in [2.05, 4.69) is 20.4 Å². The van der Waals surface area contributed by atoms with Gasteiger partial charge in [0.1, 0.15) is 0 Å². The molecule has 1 aliphatic rings. The van der Waals surface area contributed by atoms with Gasteiger partial charge in [-0.25, -0.2) is 0 Å². The SMILES string of the molecule is O=C(NCC(=O)N1CCN(c2ccc(Cl)cc2)CC1)c1cn[nH]c1. The van der Waals surface area contributed by atoms with E-state index in [0.29, 0.717) is 23.7 Å². The average molecular weight is 348 g/mol. The Bertz CT molecular complexity index is 694. The van der Waals surface area contributed by atoms with Crippen molar-refractivity contribution in [3.05, 3.63) is 47.2 Å². The third kappa shape index (κ3) is 3.86. The molecule has 1 aliphatic heterocycles. The van der Waals surface area contributed by atoms with Crippen molar-refractivity contribution >= 4 is 29.1 Å². The van der Waals surface area contributed by atoms with E-state index in [1.165, 1.54) is 12.4 Å². The smallest absolute Gasteiger partial charge is 0.254 e. The highest BCUT2D eigenvalue weighted by Gasteiger charge is 2.21. The molecule has 2 aromatic rings. The Morgan fingerprint density at radius 2 is 1.88 bits per heavy atom. The van der Waals surface area contributed by atoms with Gasteiger partial charge >= 0.3 is 0 Å². The lowest BCUT2D eigenvalue weighted by molar-refractivity contribution is -0.130. The number of H-pyrrole nitrogens is 1. The number of carbonyl (C=O) groups excluding carboxylic acids is 2. The number of aromatic nitrogens is 2. The van der Waals surface area contributed by atoms with Crippen LogP contribution in [0.2, 0.25) is 5.02 Å². The molecule has 1 aromatic heterocycles. The standard InChI is InChI=1S/C16H18ClN5O2/c17-13-1-3-14(4-2-13)21-5-7-22(8-6-21)15(23)11-18-16(24)12-9-19-20-10-12/h1-4,9-10H,5-8,11H2,(H,18,24)(H,19,20). The molecular weight excluding hydrogens is 330 g/mol. The number of rotatable bonds is 4. The second-order valence-corrected chi connectivity index (χ2v) is 5.95. The fourth-order valence-electron chi connectivity index (χ4n) is 2.61. The van der Waals surface area contributed by atoms with Gasteiger partial charge in [0.25, 0.3) is 5.91 Å². The summed E-state index contributed by atoms with van der Waals surface area (Å²) in [4.78, 5) is 28.0. The molecule has 3 rings (SSSR count). The number of hydrogen-bond donors (Lipinski definition) is 2. The van der Waals surface area contributed by atoms with Gasteiger partial charge in [0.2, 0.25) is 5.91 Å². The summed E-state index contributed by atoms with van der Waals surface area (Å²) in [5, 5.41) is 9.60. The Balaban J connectivity index is 1.46. The molecule has 0 radical (unpaired) electrons. The van der Waals surface area contributed by atoms with Crippen molar-refractivity contribution in [1.82, 2.24) is 20.4 Å². The third-order valence-corrected chi connectivity index (χ3v) is 4.24. The average Bonchev–Trinajstić information content (AvgIpc) is 3.15. The highest BCUT2D eigenvalue weighted by molar-refractivity contribution is 6.30. The molecule has 1 saturated heterocycles. The lowest BCUT2D eigenvalue weighted by Crippen LogP contribution is -2.51. The molecule has 0 unspecified atom stereocenters. The molecule has 2 N–H and O–H groups in total.